The van der Waals surface area contributed by atoms with Gasteiger partial charge in [-0.2, -0.15) is 5.26 Å². The molecule has 1 aliphatic carbocycles. The van der Waals surface area contributed by atoms with Gasteiger partial charge >= 0.3 is 0 Å². The maximum Gasteiger partial charge on any atom is 0.122 e. The van der Waals surface area contributed by atoms with Crippen molar-refractivity contribution < 1.29 is 0 Å². The maximum atomic E-state index is 9.55. The lowest BCUT2D eigenvalue weighted by Crippen LogP contribution is -2.53. The molecule has 0 aromatic heterocycles. The van der Waals surface area contributed by atoms with Crippen LogP contribution in [0.3, 0.4) is 0 Å². The van der Waals surface area contributed by atoms with Crippen molar-refractivity contribution in [1.29, 1.82) is 5.26 Å². The molecule has 0 aromatic carbocycles. The summed E-state index contributed by atoms with van der Waals surface area (Å²) in [5, 5.41) is 12.9. The molecule has 0 amide bonds. The van der Waals surface area contributed by atoms with E-state index in [4.69, 9.17) is 0 Å². The third kappa shape index (κ3) is 3.05. The van der Waals surface area contributed by atoms with Crippen LogP contribution in [0.15, 0.2) is 0 Å². The predicted octanol–water partition coefficient (Wildman–Crippen LogP) is 2.39. The van der Waals surface area contributed by atoms with Crippen molar-refractivity contribution in [3.8, 4) is 6.07 Å². The lowest BCUT2D eigenvalue weighted by atomic mass is 9.85. The molecule has 102 valence electrons. The zero-order valence-corrected chi connectivity index (χ0v) is 12.1. The summed E-state index contributed by atoms with van der Waals surface area (Å²) in [6.45, 7) is 7.94. The highest BCUT2D eigenvalue weighted by Crippen LogP contribution is 2.40. The van der Waals surface area contributed by atoms with Crippen molar-refractivity contribution in [2.75, 3.05) is 26.7 Å². The van der Waals surface area contributed by atoms with Gasteiger partial charge in [-0.3, -0.25) is 0 Å². The van der Waals surface area contributed by atoms with Gasteiger partial charge in [-0.05, 0) is 63.6 Å². The molecule has 0 bridgehead atoms. The van der Waals surface area contributed by atoms with E-state index in [1.54, 1.807) is 0 Å². The average molecular weight is 249 g/mol. The third-order valence-electron chi connectivity index (χ3n) is 4.83. The summed E-state index contributed by atoms with van der Waals surface area (Å²) < 4.78 is 0. The first-order valence-electron chi connectivity index (χ1n) is 7.34. The molecule has 1 saturated heterocycles. The Balaban J connectivity index is 1.97. The number of likely N-dealkylation sites (N-methyl/N-ethyl adjacent to an activating group) is 1. The molecule has 1 atom stereocenters. The number of rotatable bonds is 4. The van der Waals surface area contributed by atoms with Crippen molar-refractivity contribution in [1.82, 2.24) is 10.2 Å². The van der Waals surface area contributed by atoms with Gasteiger partial charge in [0, 0.05) is 6.54 Å². The molecular weight excluding hydrogens is 222 g/mol. The van der Waals surface area contributed by atoms with Crippen LogP contribution < -0.4 is 5.32 Å². The molecular formula is C15H27N3. The molecule has 2 fully saturated rings. The van der Waals surface area contributed by atoms with Gasteiger partial charge in [0.05, 0.1) is 6.07 Å². The van der Waals surface area contributed by atoms with Gasteiger partial charge in [-0.1, -0.05) is 13.8 Å². The Bertz CT molecular complexity index is 327. The normalized spacial score (nSPS) is 28.1. The van der Waals surface area contributed by atoms with Gasteiger partial charge in [0.1, 0.15) is 5.54 Å². The predicted molar refractivity (Wildman–Crippen MR) is 74.2 cm³/mol. The topological polar surface area (TPSA) is 39.1 Å². The molecule has 0 spiro atoms. The van der Waals surface area contributed by atoms with Gasteiger partial charge in [0.2, 0.25) is 0 Å². The van der Waals surface area contributed by atoms with Crippen LogP contribution in [-0.4, -0.2) is 37.1 Å². The molecule has 0 radical (unpaired) electrons. The van der Waals surface area contributed by atoms with Crippen molar-refractivity contribution in [3.63, 3.8) is 0 Å². The average Bonchev–Trinajstić information content (AvgIpc) is 3.16. The van der Waals surface area contributed by atoms with Crippen LogP contribution in [0.1, 0.15) is 46.0 Å². The Morgan fingerprint density at radius 1 is 1.33 bits per heavy atom. The second-order valence-corrected chi connectivity index (χ2v) is 6.90. The molecule has 1 heterocycles. The van der Waals surface area contributed by atoms with E-state index in [0.29, 0.717) is 11.3 Å². The van der Waals surface area contributed by atoms with Crippen LogP contribution >= 0.6 is 0 Å². The summed E-state index contributed by atoms with van der Waals surface area (Å²) in [6, 6.07) is 2.56. The van der Waals surface area contributed by atoms with Gasteiger partial charge in [0.25, 0.3) is 0 Å². The van der Waals surface area contributed by atoms with E-state index in [1.165, 1.54) is 32.1 Å². The van der Waals surface area contributed by atoms with Crippen molar-refractivity contribution in [2.45, 2.75) is 51.5 Å². The highest BCUT2D eigenvalue weighted by Gasteiger charge is 2.45. The van der Waals surface area contributed by atoms with E-state index < -0.39 is 0 Å². The van der Waals surface area contributed by atoms with E-state index in [2.05, 4.69) is 30.1 Å². The highest BCUT2D eigenvalue weighted by molar-refractivity contribution is 5.16. The zero-order valence-electron chi connectivity index (χ0n) is 12.1. The van der Waals surface area contributed by atoms with Crippen LogP contribution in [0.2, 0.25) is 0 Å². The fraction of sp³-hybridized carbons (Fsp3) is 0.933. The standard InChI is InChI=1S/C15H27N3/c1-14(2)7-4-9-18(10-8-14)12-15(11-16,17-3)13-5-6-13/h13,17H,4-10,12H2,1-3H3. The van der Waals surface area contributed by atoms with Crippen molar-refractivity contribution in [2.24, 2.45) is 11.3 Å². The van der Waals surface area contributed by atoms with Gasteiger partial charge < -0.3 is 10.2 Å². The zero-order chi connectivity index (χ0) is 13.2. The molecule has 1 N–H and O–H groups in total. The minimum absolute atomic E-state index is 0.297. The second-order valence-electron chi connectivity index (χ2n) is 6.90. The molecule has 3 nitrogen and oxygen atoms in total. The third-order valence-corrected chi connectivity index (χ3v) is 4.83. The Morgan fingerprint density at radius 3 is 2.61 bits per heavy atom. The van der Waals surface area contributed by atoms with Crippen LogP contribution in [0.25, 0.3) is 0 Å². The number of nitriles is 1. The Kier molecular flexibility index (Phi) is 3.99. The molecule has 0 aromatic rings. The SMILES string of the molecule is CNC(C#N)(CN1CCCC(C)(C)CC1)C1CC1. The summed E-state index contributed by atoms with van der Waals surface area (Å²) in [5.74, 6) is 0.573. The van der Waals surface area contributed by atoms with Crippen LogP contribution in [0, 0.1) is 22.7 Å². The van der Waals surface area contributed by atoms with Crippen LogP contribution in [0.5, 0.6) is 0 Å². The van der Waals surface area contributed by atoms with Crippen LogP contribution in [0.4, 0.5) is 0 Å². The monoisotopic (exact) mass is 249 g/mol. The summed E-state index contributed by atoms with van der Waals surface area (Å²) in [4.78, 5) is 2.51. The lowest BCUT2D eigenvalue weighted by Gasteiger charge is -2.33. The molecule has 2 rings (SSSR count). The molecule has 1 saturated carbocycles. The van der Waals surface area contributed by atoms with E-state index in [9.17, 15) is 5.26 Å². The number of hydrogen-bond acceptors (Lipinski definition) is 3. The van der Waals surface area contributed by atoms with Gasteiger partial charge in [-0.25, -0.2) is 0 Å². The second kappa shape index (κ2) is 5.19. The number of nitrogens with zero attached hydrogens (tertiary/aromatic N) is 2. The Morgan fingerprint density at radius 2 is 2.06 bits per heavy atom. The first-order chi connectivity index (χ1) is 8.51. The quantitative estimate of drug-likeness (QED) is 0.831. The summed E-state index contributed by atoms with van der Waals surface area (Å²) in [6.07, 6.45) is 6.26. The van der Waals surface area contributed by atoms with Crippen molar-refractivity contribution >= 4 is 0 Å². The summed E-state index contributed by atoms with van der Waals surface area (Å²) >= 11 is 0. The Hall–Kier alpha value is -0.590. The first-order valence-corrected chi connectivity index (χ1v) is 7.34. The van der Waals surface area contributed by atoms with E-state index in [0.717, 1.165) is 19.6 Å². The number of likely N-dealkylation sites (tertiary alicyclic amines) is 1. The smallest absolute Gasteiger partial charge is 0.122 e. The molecule has 1 aliphatic heterocycles. The maximum absolute atomic E-state index is 9.55. The van der Waals surface area contributed by atoms with Crippen LogP contribution in [-0.2, 0) is 0 Å². The Labute approximate surface area is 112 Å². The van der Waals surface area contributed by atoms with Gasteiger partial charge in [-0.15, -0.1) is 0 Å². The van der Waals surface area contributed by atoms with E-state index >= 15 is 0 Å². The minimum atomic E-state index is -0.297. The molecule has 3 heteroatoms. The van der Waals surface area contributed by atoms with Crippen molar-refractivity contribution in [3.05, 3.63) is 0 Å². The fourth-order valence-electron chi connectivity index (χ4n) is 3.16. The molecule has 2 aliphatic rings. The summed E-state index contributed by atoms with van der Waals surface area (Å²) in [5.41, 5.74) is 0.178. The highest BCUT2D eigenvalue weighted by atomic mass is 15.2. The summed E-state index contributed by atoms with van der Waals surface area (Å²) in [7, 11) is 1.95. The van der Waals surface area contributed by atoms with E-state index in [1.807, 2.05) is 7.05 Å². The molecule has 18 heavy (non-hydrogen) atoms. The first kappa shape index (κ1) is 13.8. The lowest BCUT2D eigenvalue weighted by molar-refractivity contribution is 0.200. The fourth-order valence-corrected chi connectivity index (χ4v) is 3.16. The number of nitrogens with one attached hydrogen (secondary N) is 1. The minimum Gasteiger partial charge on any atom is -0.301 e. The number of hydrogen-bond donors (Lipinski definition) is 1. The largest absolute Gasteiger partial charge is 0.301 e. The molecule has 1 unspecified atom stereocenters. The van der Waals surface area contributed by atoms with Gasteiger partial charge in [0.15, 0.2) is 0 Å². The van der Waals surface area contributed by atoms with E-state index in [-0.39, 0.29) is 5.54 Å².